The highest BCUT2D eigenvalue weighted by atomic mass is 35.5. The van der Waals surface area contributed by atoms with Gasteiger partial charge in [0.25, 0.3) is 0 Å². The van der Waals surface area contributed by atoms with Crippen LogP contribution in [0.3, 0.4) is 0 Å². The molecule has 1 aromatic heterocycles. The molecule has 7 heteroatoms. The summed E-state index contributed by atoms with van der Waals surface area (Å²) in [5.41, 5.74) is 5.20. The van der Waals surface area contributed by atoms with Crippen LogP contribution in [-0.4, -0.2) is 11.2 Å². The van der Waals surface area contributed by atoms with Gasteiger partial charge in [0.2, 0.25) is 5.13 Å². The molecule has 4 nitrogen and oxygen atoms in total. The standard InChI is InChI=1S/C17H10Cl2N4S/c18-13-5-1-11(2-6-13)10-21-23-17-22-16(15(9-20)24-17)12-3-7-14(19)8-4-12/h1-8,10H,(H,22,23)/b21-10+. The van der Waals surface area contributed by atoms with Crippen molar-refractivity contribution in [1.29, 1.82) is 5.26 Å². The minimum absolute atomic E-state index is 0.515. The second kappa shape index (κ2) is 7.45. The van der Waals surface area contributed by atoms with E-state index in [1.54, 1.807) is 30.5 Å². The maximum Gasteiger partial charge on any atom is 0.205 e. The summed E-state index contributed by atoms with van der Waals surface area (Å²) in [6.45, 7) is 0. The van der Waals surface area contributed by atoms with E-state index in [9.17, 15) is 5.26 Å². The molecule has 118 valence electrons. The summed E-state index contributed by atoms with van der Waals surface area (Å²) in [5, 5.41) is 15.3. The third kappa shape index (κ3) is 3.92. The van der Waals surface area contributed by atoms with Crippen LogP contribution in [0.1, 0.15) is 10.4 Å². The van der Waals surface area contributed by atoms with Gasteiger partial charge >= 0.3 is 0 Å². The van der Waals surface area contributed by atoms with Crippen molar-refractivity contribution in [3.05, 3.63) is 69.0 Å². The van der Waals surface area contributed by atoms with Crippen LogP contribution in [0.4, 0.5) is 5.13 Å². The molecule has 0 amide bonds. The minimum Gasteiger partial charge on any atom is -0.253 e. The van der Waals surface area contributed by atoms with E-state index in [0.29, 0.717) is 25.7 Å². The van der Waals surface area contributed by atoms with Gasteiger partial charge in [-0.25, -0.2) is 4.98 Å². The Morgan fingerprint density at radius 2 is 1.67 bits per heavy atom. The quantitative estimate of drug-likeness (QED) is 0.490. The first-order valence-electron chi connectivity index (χ1n) is 6.87. The fourth-order valence-corrected chi connectivity index (χ4v) is 2.94. The number of hydrogen-bond donors (Lipinski definition) is 1. The Morgan fingerprint density at radius 1 is 1.04 bits per heavy atom. The number of halogens is 2. The van der Waals surface area contributed by atoms with E-state index in [1.165, 1.54) is 11.3 Å². The normalized spacial score (nSPS) is 10.7. The van der Waals surface area contributed by atoms with E-state index in [0.717, 1.165) is 11.1 Å². The summed E-state index contributed by atoms with van der Waals surface area (Å²) in [5.74, 6) is 0. The number of benzene rings is 2. The number of rotatable bonds is 4. The summed E-state index contributed by atoms with van der Waals surface area (Å²) >= 11 is 13.0. The maximum atomic E-state index is 9.29. The van der Waals surface area contributed by atoms with Crippen molar-refractivity contribution in [2.24, 2.45) is 5.10 Å². The lowest BCUT2D eigenvalue weighted by atomic mass is 10.1. The fraction of sp³-hybridized carbons (Fsp3) is 0. The Kier molecular flexibility index (Phi) is 5.11. The average molecular weight is 373 g/mol. The van der Waals surface area contributed by atoms with Gasteiger partial charge in [-0.3, -0.25) is 5.43 Å². The van der Waals surface area contributed by atoms with Gasteiger partial charge in [0.1, 0.15) is 16.6 Å². The lowest BCUT2D eigenvalue weighted by Crippen LogP contribution is -1.90. The molecule has 0 aliphatic heterocycles. The number of hydrogen-bond acceptors (Lipinski definition) is 5. The van der Waals surface area contributed by atoms with Gasteiger partial charge in [-0.2, -0.15) is 10.4 Å². The van der Waals surface area contributed by atoms with E-state index in [1.807, 2.05) is 24.3 Å². The molecule has 0 atom stereocenters. The SMILES string of the molecule is N#Cc1sc(N/N=C/c2ccc(Cl)cc2)nc1-c1ccc(Cl)cc1. The van der Waals surface area contributed by atoms with Crippen molar-refractivity contribution in [2.45, 2.75) is 0 Å². The third-order valence-corrected chi connectivity index (χ3v) is 4.46. The van der Waals surface area contributed by atoms with Crippen LogP contribution in [0, 0.1) is 11.3 Å². The van der Waals surface area contributed by atoms with Crippen LogP contribution < -0.4 is 5.43 Å². The predicted octanol–water partition coefficient (Wildman–Crippen LogP) is 5.43. The molecule has 3 aromatic rings. The Bertz CT molecular complexity index is 909. The zero-order valence-electron chi connectivity index (χ0n) is 12.2. The predicted molar refractivity (Wildman–Crippen MR) is 99.9 cm³/mol. The molecule has 24 heavy (non-hydrogen) atoms. The van der Waals surface area contributed by atoms with E-state index in [2.05, 4.69) is 21.6 Å². The molecule has 0 aliphatic rings. The number of thiazole rings is 1. The average Bonchev–Trinajstić information content (AvgIpc) is 3.00. The molecule has 1 heterocycles. The van der Waals surface area contributed by atoms with Crippen LogP contribution in [0.25, 0.3) is 11.3 Å². The van der Waals surface area contributed by atoms with Crippen LogP contribution in [0.15, 0.2) is 53.6 Å². The van der Waals surface area contributed by atoms with Crippen LogP contribution in [0.2, 0.25) is 10.0 Å². The van der Waals surface area contributed by atoms with Crippen LogP contribution in [0.5, 0.6) is 0 Å². The van der Waals surface area contributed by atoms with Crippen molar-refractivity contribution in [1.82, 2.24) is 4.98 Å². The van der Waals surface area contributed by atoms with Gasteiger partial charge < -0.3 is 0 Å². The van der Waals surface area contributed by atoms with Gasteiger partial charge in [-0.05, 0) is 29.8 Å². The molecular weight excluding hydrogens is 363 g/mol. The molecular formula is C17H10Cl2N4S. The number of anilines is 1. The minimum atomic E-state index is 0.515. The highest BCUT2D eigenvalue weighted by Crippen LogP contribution is 2.31. The van der Waals surface area contributed by atoms with Crippen molar-refractivity contribution in [3.63, 3.8) is 0 Å². The van der Waals surface area contributed by atoms with Crippen molar-refractivity contribution < 1.29 is 0 Å². The summed E-state index contributed by atoms with van der Waals surface area (Å²) in [6.07, 6.45) is 1.66. The summed E-state index contributed by atoms with van der Waals surface area (Å²) < 4.78 is 0. The first-order valence-corrected chi connectivity index (χ1v) is 8.44. The smallest absolute Gasteiger partial charge is 0.205 e. The maximum absolute atomic E-state index is 9.29. The monoisotopic (exact) mass is 372 g/mol. The third-order valence-electron chi connectivity index (χ3n) is 3.09. The van der Waals surface area contributed by atoms with E-state index < -0.39 is 0 Å². The van der Waals surface area contributed by atoms with Gasteiger partial charge in [0.05, 0.1) is 6.21 Å². The second-order valence-electron chi connectivity index (χ2n) is 4.74. The zero-order valence-corrected chi connectivity index (χ0v) is 14.5. The Morgan fingerprint density at radius 3 is 2.29 bits per heavy atom. The Labute approximate surface area is 153 Å². The van der Waals surface area contributed by atoms with Crippen molar-refractivity contribution >= 4 is 45.9 Å². The van der Waals surface area contributed by atoms with Gasteiger partial charge in [-0.1, -0.05) is 58.8 Å². The lowest BCUT2D eigenvalue weighted by Gasteiger charge is -1.97. The summed E-state index contributed by atoms with van der Waals surface area (Å²) in [6, 6.07) is 16.7. The molecule has 0 saturated carbocycles. The Balaban J connectivity index is 1.78. The molecule has 0 unspecified atom stereocenters. The first-order chi connectivity index (χ1) is 11.7. The van der Waals surface area contributed by atoms with E-state index >= 15 is 0 Å². The fourth-order valence-electron chi connectivity index (χ4n) is 1.96. The highest BCUT2D eigenvalue weighted by Gasteiger charge is 2.12. The number of nitrogens with zero attached hydrogens (tertiary/aromatic N) is 3. The molecule has 0 spiro atoms. The topological polar surface area (TPSA) is 61.1 Å². The molecule has 0 fully saturated rings. The molecule has 2 aromatic carbocycles. The highest BCUT2D eigenvalue weighted by molar-refractivity contribution is 7.16. The molecule has 0 aliphatic carbocycles. The lowest BCUT2D eigenvalue weighted by molar-refractivity contribution is 1.28. The molecule has 0 bridgehead atoms. The largest absolute Gasteiger partial charge is 0.253 e. The van der Waals surface area contributed by atoms with Gasteiger partial charge in [0, 0.05) is 15.6 Å². The number of aromatic nitrogens is 1. The van der Waals surface area contributed by atoms with E-state index in [-0.39, 0.29) is 0 Å². The number of nitriles is 1. The summed E-state index contributed by atoms with van der Waals surface area (Å²) in [4.78, 5) is 4.95. The van der Waals surface area contributed by atoms with Crippen molar-refractivity contribution in [2.75, 3.05) is 5.43 Å². The molecule has 0 saturated heterocycles. The van der Waals surface area contributed by atoms with Gasteiger partial charge in [0.15, 0.2) is 0 Å². The molecule has 3 rings (SSSR count). The zero-order chi connectivity index (χ0) is 16.9. The number of hydrazone groups is 1. The molecule has 0 radical (unpaired) electrons. The van der Waals surface area contributed by atoms with Crippen LogP contribution in [-0.2, 0) is 0 Å². The molecule has 1 N–H and O–H groups in total. The summed E-state index contributed by atoms with van der Waals surface area (Å²) in [7, 11) is 0. The van der Waals surface area contributed by atoms with E-state index in [4.69, 9.17) is 23.2 Å². The number of nitrogens with one attached hydrogen (secondary N) is 1. The van der Waals surface area contributed by atoms with Crippen molar-refractivity contribution in [3.8, 4) is 17.3 Å². The first kappa shape index (κ1) is 16.5. The Hall–Kier alpha value is -2.39. The van der Waals surface area contributed by atoms with Gasteiger partial charge in [-0.15, -0.1) is 0 Å². The second-order valence-corrected chi connectivity index (χ2v) is 6.61. The van der Waals surface area contributed by atoms with Crippen LogP contribution >= 0.6 is 34.5 Å².